The van der Waals surface area contributed by atoms with E-state index < -0.39 is 0 Å². The number of anilines is 2. The fourth-order valence-corrected chi connectivity index (χ4v) is 3.02. The summed E-state index contributed by atoms with van der Waals surface area (Å²) in [5.41, 5.74) is 4.87. The van der Waals surface area contributed by atoms with Gasteiger partial charge in [0.25, 0.3) is 0 Å². The number of rotatable bonds is 3. The van der Waals surface area contributed by atoms with Crippen LogP contribution in [0, 0.1) is 0 Å². The zero-order chi connectivity index (χ0) is 13.9. The van der Waals surface area contributed by atoms with Crippen molar-refractivity contribution >= 4 is 11.4 Å². The highest BCUT2D eigenvalue weighted by molar-refractivity contribution is 5.70. The van der Waals surface area contributed by atoms with E-state index in [9.17, 15) is 5.11 Å². The summed E-state index contributed by atoms with van der Waals surface area (Å²) in [5, 5.41) is 10.3. The lowest BCUT2D eigenvalue weighted by Crippen LogP contribution is -2.25. The van der Waals surface area contributed by atoms with Gasteiger partial charge in [-0.2, -0.15) is 0 Å². The first kappa shape index (κ1) is 13.2. The van der Waals surface area contributed by atoms with Crippen LogP contribution in [0.15, 0.2) is 48.5 Å². The molecule has 0 aromatic heterocycles. The van der Waals surface area contributed by atoms with Crippen LogP contribution >= 0.6 is 0 Å². The molecule has 2 heteroatoms. The van der Waals surface area contributed by atoms with Gasteiger partial charge in [0.1, 0.15) is 0 Å². The molecule has 0 bridgehead atoms. The molecular formula is C18H21NO. The highest BCUT2D eigenvalue weighted by Gasteiger charge is 2.21. The van der Waals surface area contributed by atoms with E-state index in [1.807, 2.05) is 19.1 Å². The first-order chi connectivity index (χ1) is 9.81. The molecule has 3 rings (SSSR count). The number of fused-ring (bicyclic) bond motifs is 1. The third-order valence-electron chi connectivity index (χ3n) is 4.08. The van der Waals surface area contributed by atoms with Crippen LogP contribution in [-0.2, 0) is 6.42 Å². The van der Waals surface area contributed by atoms with Crippen LogP contribution in [0.5, 0.6) is 0 Å². The summed E-state index contributed by atoms with van der Waals surface area (Å²) in [5.74, 6) is 0. The third-order valence-corrected chi connectivity index (χ3v) is 4.08. The molecule has 2 aromatic carbocycles. The van der Waals surface area contributed by atoms with Gasteiger partial charge in [0, 0.05) is 23.5 Å². The number of hydrogen-bond acceptors (Lipinski definition) is 2. The second-order valence-electron chi connectivity index (χ2n) is 5.37. The van der Waals surface area contributed by atoms with Gasteiger partial charge in [-0.25, -0.2) is 0 Å². The topological polar surface area (TPSA) is 23.5 Å². The average molecular weight is 267 g/mol. The molecule has 0 aliphatic carbocycles. The number of benzene rings is 2. The Morgan fingerprint density at radius 2 is 1.75 bits per heavy atom. The van der Waals surface area contributed by atoms with Crippen molar-refractivity contribution in [2.45, 2.75) is 32.3 Å². The number of aliphatic hydroxyl groups is 1. The van der Waals surface area contributed by atoms with Gasteiger partial charge in [0.15, 0.2) is 0 Å². The van der Waals surface area contributed by atoms with Crippen molar-refractivity contribution in [2.75, 3.05) is 11.4 Å². The minimum Gasteiger partial charge on any atom is -0.388 e. The Bertz CT molecular complexity index is 593. The van der Waals surface area contributed by atoms with Gasteiger partial charge in [-0.05, 0) is 37.0 Å². The predicted octanol–water partition coefficient (Wildman–Crippen LogP) is 4.21. The van der Waals surface area contributed by atoms with E-state index in [4.69, 9.17) is 0 Å². The first-order valence-electron chi connectivity index (χ1n) is 7.43. The zero-order valence-electron chi connectivity index (χ0n) is 11.9. The van der Waals surface area contributed by atoms with Crippen LogP contribution in [0.25, 0.3) is 0 Å². The van der Waals surface area contributed by atoms with Crippen molar-refractivity contribution in [3.8, 4) is 0 Å². The van der Waals surface area contributed by atoms with Crippen LogP contribution in [-0.4, -0.2) is 11.7 Å². The molecule has 20 heavy (non-hydrogen) atoms. The molecule has 0 saturated carbocycles. The second kappa shape index (κ2) is 5.68. The maximum atomic E-state index is 10.3. The standard InChI is InChI=1S/C18H21NO/c1-2-18(20)15-10-4-6-12-17(15)19-13-7-9-14-8-3-5-11-16(14)19/h3-6,8,10-12,18,20H,2,7,9,13H2,1H3/t18-/m0/s1. The lowest BCUT2D eigenvalue weighted by Gasteiger charge is -2.33. The molecule has 1 N–H and O–H groups in total. The van der Waals surface area contributed by atoms with Gasteiger partial charge in [-0.15, -0.1) is 0 Å². The third kappa shape index (κ3) is 2.32. The van der Waals surface area contributed by atoms with Gasteiger partial charge in [-0.3, -0.25) is 0 Å². The van der Waals surface area contributed by atoms with E-state index in [1.165, 1.54) is 11.3 Å². The minimum absolute atomic E-state index is 0.389. The SMILES string of the molecule is CC[C@H](O)c1ccccc1N1CCCc2ccccc21. The van der Waals surface area contributed by atoms with E-state index in [1.54, 1.807) is 0 Å². The van der Waals surface area contributed by atoms with Crippen molar-refractivity contribution in [1.82, 2.24) is 0 Å². The van der Waals surface area contributed by atoms with Crippen molar-refractivity contribution < 1.29 is 5.11 Å². The molecule has 1 atom stereocenters. The summed E-state index contributed by atoms with van der Waals surface area (Å²) in [4.78, 5) is 2.35. The van der Waals surface area contributed by atoms with Crippen LogP contribution in [0.2, 0.25) is 0 Å². The van der Waals surface area contributed by atoms with Crippen molar-refractivity contribution in [3.63, 3.8) is 0 Å². The second-order valence-corrected chi connectivity index (χ2v) is 5.37. The Kier molecular flexibility index (Phi) is 3.75. The predicted molar refractivity (Wildman–Crippen MR) is 83.5 cm³/mol. The molecule has 0 spiro atoms. The maximum Gasteiger partial charge on any atom is 0.0807 e. The molecule has 1 aliphatic rings. The number of aliphatic hydroxyl groups excluding tert-OH is 1. The van der Waals surface area contributed by atoms with Crippen LogP contribution in [0.3, 0.4) is 0 Å². The first-order valence-corrected chi connectivity index (χ1v) is 7.43. The highest BCUT2D eigenvalue weighted by atomic mass is 16.3. The van der Waals surface area contributed by atoms with E-state index in [2.05, 4.69) is 41.3 Å². The Balaban J connectivity index is 2.07. The Morgan fingerprint density at radius 1 is 1.05 bits per heavy atom. The average Bonchev–Trinajstić information content (AvgIpc) is 2.53. The van der Waals surface area contributed by atoms with Crippen LogP contribution in [0.1, 0.15) is 37.0 Å². The lowest BCUT2D eigenvalue weighted by atomic mass is 9.98. The fourth-order valence-electron chi connectivity index (χ4n) is 3.02. The van der Waals surface area contributed by atoms with Crippen molar-refractivity contribution in [3.05, 3.63) is 59.7 Å². The molecule has 1 heterocycles. The van der Waals surface area contributed by atoms with Crippen molar-refractivity contribution in [2.24, 2.45) is 0 Å². The van der Waals surface area contributed by atoms with E-state index in [-0.39, 0.29) is 6.10 Å². The number of aryl methyl sites for hydroxylation is 1. The van der Waals surface area contributed by atoms with E-state index in [0.29, 0.717) is 0 Å². The van der Waals surface area contributed by atoms with E-state index >= 15 is 0 Å². The summed E-state index contributed by atoms with van der Waals surface area (Å²) < 4.78 is 0. The Labute approximate surface area is 120 Å². The zero-order valence-corrected chi connectivity index (χ0v) is 11.9. The molecule has 0 saturated heterocycles. The van der Waals surface area contributed by atoms with Crippen LogP contribution < -0.4 is 4.90 Å². The molecule has 2 nitrogen and oxygen atoms in total. The smallest absolute Gasteiger partial charge is 0.0807 e. The van der Waals surface area contributed by atoms with Gasteiger partial charge in [0.05, 0.1) is 6.10 Å². The normalized spacial score (nSPS) is 15.8. The Hall–Kier alpha value is -1.80. The fraction of sp³-hybridized carbons (Fsp3) is 0.333. The lowest BCUT2D eigenvalue weighted by molar-refractivity contribution is 0.174. The minimum atomic E-state index is -0.389. The molecule has 0 fully saturated rings. The largest absolute Gasteiger partial charge is 0.388 e. The maximum absolute atomic E-state index is 10.3. The molecular weight excluding hydrogens is 246 g/mol. The van der Waals surface area contributed by atoms with Gasteiger partial charge in [-0.1, -0.05) is 43.3 Å². The number of para-hydroxylation sites is 2. The number of hydrogen-bond donors (Lipinski definition) is 1. The summed E-state index contributed by atoms with van der Waals surface area (Å²) in [6, 6.07) is 16.8. The molecule has 0 unspecified atom stereocenters. The van der Waals surface area contributed by atoms with Gasteiger partial charge in [0.2, 0.25) is 0 Å². The summed E-state index contributed by atoms with van der Waals surface area (Å²) >= 11 is 0. The van der Waals surface area contributed by atoms with Crippen LogP contribution in [0.4, 0.5) is 11.4 Å². The molecule has 104 valence electrons. The summed E-state index contributed by atoms with van der Waals surface area (Å²) in [7, 11) is 0. The number of nitrogens with zero attached hydrogens (tertiary/aromatic N) is 1. The summed E-state index contributed by atoms with van der Waals surface area (Å²) in [6.45, 7) is 3.04. The summed E-state index contributed by atoms with van der Waals surface area (Å²) in [6.07, 6.45) is 2.66. The molecule has 1 aliphatic heterocycles. The molecule has 0 amide bonds. The van der Waals surface area contributed by atoms with Crippen molar-refractivity contribution in [1.29, 1.82) is 0 Å². The monoisotopic (exact) mass is 267 g/mol. The highest BCUT2D eigenvalue weighted by Crippen LogP contribution is 2.37. The Morgan fingerprint density at radius 3 is 2.55 bits per heavy atom. The quantitative estimate of drug-likeness (QED) is 0.900. The van der Waals surface area contributed by atoms with Gasteiger partial charge >= 0.3 is 0 Å². The molecule has 0 radical (unpaired) electrons. The van der Waals surface area contributed by atoms with E-state index in [0.717, 1.165) is 37.1 Å². The van der Waals surface area contributed by atoms with Gasteiger partial charge < -0.3 is 10.0 Å². The molecule has 2 aromatic rings.